The number of nitrogens with zero attached hydrogens (tertiary/aromatic N) is 2. The first-order valence-corrected chi connectivity index (χ1v) is 8.23. The van der Waals surface area contributed by atoms with Crippen LogP contribution in [0.1, 0.15) is 51.9 Å². The molecule has 1 heterocycles. The molecule has 2 rings (SSSR count). The predicted octanol–water partition coefficient (Wildman–Crippen LogP) is 4.04. The molecular weight excluding hydrogens is 302 g/mol. The van der Waals surface area contributed by atoms with E-state index in [1.165, 1.54) is 0 Å². The van der Waals surface area contributed by atoms with Gasteiger partial charge in [-0.25, -0.2) is 8.78 Å². The molecule has 1 amide bonds. The van der Waals surface area contributed by atoms with E-state index in [0.29, 0.717) is 17.7 Å². The summed E-state index contributed by atoms with van der Waals surface area (Å²) in [5, 5.41) is 3.90. The molecule has 0 saturated carbocycles. The smallest absolute Gasteiger partial charge is 0.226 e. The fourth-order valence-corrected chi connectivity index (χ4v) is 2.73. The second kappa shape index (κ2) is 8.22. The van der Waals surface area contributed by atoms with Crippen LogP contribution in [0.25, 0.3) is 0 Å². The lowest BCUT2D eigenvalue weighted by Gasteiger charge is -2.18. The van der Waals surface area contributed by atoms with Crippen LogP contribution in [0.3, 0.4) is 0 Å². The maximum Gasteiger partial charge on any atom is 0.226 e. The van der Waals surface area contributed by atoms with Gasteiger partial charge in [-0.2, -0.15) is 0 Å². The van der Waals surface area contributed by atoms with Gasteiger partial charge in [0.05, 0.1) is 12.1 Å². The number of amides is 1. The molecule has 0 N–H and O–H groups in total. The van der Waals surface area contributed by atoms with E-state index in [9.17, 15) is 13.6 Å². The van der Waals surface area contributed by atoms with Crippen LogP contribution < -0.4 is 0 Å². The molecule has 1 unspecified atom stereocenters. The topological polar surface area (TPSA) is 41.9 Å². The highest BCUT2D eigenvalue weighted by Gasteiger charge is 2.29. The van der Waals surface area contributed by atoms with E-state index >= 15 is 0 Å². The van der Waals surface area contributed by atoms with Crippen LogP contribution in [-0.2, 0) is 9.63 Å². The zero-order valence-corrected chi connectivity index (χ0v) is 13.8. The Labute approximate surface area is 135 Å². The number of carbonyl (C=O) groups excluding carboxylic acids is 1. The van der Waals surface area contributed by atoms with E-state index in [1.54, 1.807) is 11.9 Å². The van der Waals surface area contributed by atoms with Crippen LogP contribution in [0.5, 0.6) is 0 Å². The van der Waals surface area contributed by atoms with Crippen molar-refractivity contribution in [2.75, 3.05) is 13.6 Å². The van der Waals surface area contributed by atoms with Gasteiger partial charge in [-0.15, -0.1) is 0 Å². The normalized spacial score (nSPS) is 21.0. The third-order valence-corrected chi connectivity index (χ3v) is 4.19. The number of oxime groups is 1. The number of unbranched alkanes of at least 4 members (excludes halogenated alkanes) is 2. The van der Waals surface area contributed by atoms with Crippen molar-refractivity contribution in [3.8, 4) is 0 Å². The van der Waals surface area contributed by atoms with E-state index in [4.69, 9.17) is 4.84 Å². The van der Waals surface area contributed by atoms with Crippen molar-refractivity contribution >= 4 is 11.6 Å². The number of halogens is 2. The Morgan fingerprint density at radius 1 is 1.39 bits per heavy atom. The lowest BCUT2D eigenvalue weighted by atomic mass is 9.95. The first kappa shape index (κ1) is 17.6. The zero-order valence-electron chi connectivity index (χ0n) is 13.8. The van der Waals surface area contributed by atoms with Crippen molar-refractivity contribution in [3.05, 3.63) is 23.3 Å². The Bertz CT molecular complexity index is 541. The minimum absolute atomic E-state index is 0.00610. The molecule has 4 nitrogen and oxygen atoms in total. The molecule has 128 valence electrons. The Hall–Kier alpha value is -1.72. The highest BCUT2D eigenvalue weighted by atomic mass is 19.1. The van der Waals surface area contributed by atoms with Crippen LogP contribution in [0.4, 0.5) is 8.78 Å². The molecule has 0 radical (unpaired) electrons. The Balaban J connectivity index is 1.83. The third-order valence-electron chi connectivity index (χ3n) is 4.19. The highest BCUT2D eigenvalue weighted by Crippen LogP contribution is 2.30. The number of rotatable bonds is 7. The van der Waals surface area contributed by atoms with E-state index in [1.807, 2.05) is 0 Å². The molecule has 1 aliphatic carbocycles. The maximum atomic E-state index is 13.8. The summed E-state index contributed by atoms with van der Waals surface area (Å²) in [5.74, 6) is -1.03. The zero-order chi connectivity index (χ0) is 16.8. The maximum absolute atomic E-state index is 13.8. The Morgan fingerprint density at radius 2 is 2.17 bits per heavy atom. The van der Waals surface area contributed by atoms with Crippen LogP contribution in [0.2, 0.25) is 0 Å². The van der Waals surface area contributed by atoms with Crippen molar-refractivity contribution in [3.63, 3.8) is 0 Å². The van der Waals surface area contributed by atoms with E-state index in [0.717, 1.165) is 31.9 Å². The Morgan fingerprint density at radius 3 is 2.87 bits per heavy atom. The van der Waals surface area contributed by atoms with Gasteiger partial charge in [-0.3, -0.25) is 4.79 Å². The second-order valence-electron chi connectivity index (χ2n) is 6.11. The quantitative estimate of drug-likeness (QED) is 0.663. The van der Waals surface area contributed by atoms with Crippen LogP contribution in [-0.4, -0.2) is 36.2 Å². The molecule has 6 heteroatoms. The monoisotopic (exact) mass is 326 g/mol. The average molecular weight is 326 g/mol. The minimum atomic E-state index is -0.584. The summed E-state index contributed by atoms with van der Waals surface area (Å²) >= 11 is 0. The van der Waals surface area contributed by atoms with Crippen LogP contribution >= 0.6 is 0 Å². The fraction of sp³-hybridized carbons (Fsp3) is 0.647. The first-order chi connectivity index (χ1) is 11.0. The summed E-state index contributed by atoms with van der Waals surface area (Å²) < 4.78 is 26.8. The fourth-order valence-electron chi connectivity index (χ4n) is 2.73. The number of carbonyl (C=O) groups is 1. The second-order valence-corrected chi connectivity index (χ2v) is 6.11. The van der Waals surface area contributed by atoms with Crippen molar-refractivity contribution in [2.24, 2.45) is 5.16 Å². The van der Waals surface area contributed by atoms with Crippen molar-refractivity contribution in [2.45, 2.75) is 58.0 Å². The molecule has 0 fully saturated rings. The van der Waals surface area contributed by atoms with Gasteiger partial charge in [0, 0.05) is 38.1 Å². The molecule has 0 saturated heterocycles. The van der Waals surface area contributed by atoms with E-state index < -0.39 is 11.7 Å². The van der Waals surface area contributed by atoms with Gasteiger partial charge in [-0.1, -0.05) is 24.9 Å². The molecule has 0 aromatic rings. The van der Waals surface area contributed by atoms with Gasteiger partial charge in [0.1, 0.15) is 17.8 Å². The van der Waals surface area contributed by atoms with Crippen LogP contribution in [0.15, 0.2) is 28.5 Å². The van der Waals surface area contributed by atoms with Crippen LogP contribution in [0, 0.1) is 0 Å². The number of hydrogen-bond donors (Lipinski definition) is 0. The molecule has 0 aromatic heterocycles. The van der Waals surface area contributed by atoms with Crippen molar-refractivity contribution in [1.29, 1.82) is 0 Å². The van der Waals surface area contributed by atoms with Gasteiger partial charge in [0.25, 0.3) is 0 Å². The SMILES string of the molecule is CCCCCN(C)C(=O)CC1CC(C2=C(F)C=C(F)CC2)=NO1. The number of hydrogen-bond acceptors (Lipinski definition) is 3. The molecular formula is C17H24F2N2O2. The summed E-state index contributed by atoms with van der Waals surface area (Å²) in [5.41, 5.74) is 0.898. The summed E-state index contributed by atoms with van der Waals surface area (Å²) in [7, 11) is 1.78. The largest absolute Gasteiger partial charge is 0.391 e. The van der Waals surface area contributed by atoms with Gasteiger partial charge in [0.2, 0.25) is 5.91 Å². The van der Waals surface area contributed by atoms with Crippen molar-refractivity contribution < 1.29 is 18.4 Å². The summed E-state index contributed by atoms with van der Waals surface area (Å²) in [6.07, 6.45) is 4.84. The van der Waals surface area contributed by atoms with Crippen molar-refractivity contribution in [1.82, 2.24) is 4.90 Å². The molecule has 0 spiro atoms. The highest BCUT2D eigenvalue weighted by molar-refractivity contribution is 6.02. The lowest BCUT2D eigenvalue weighted by Crippen LogP contribution is -2.31. The number of allylic oxidation sites excluding steroid dienone is 4. The molecule has 0 aromatic carbocycles. The van der Waals surface area contributed by atoms with Gasteiger partial charge in [-0.05, 0) is 12.8 Å². The van der Waals surface area contributed by atoms with E-state index in [2.05, 4.69) is 12.1 Å². The summed E-state index contributed by atoms with van der Waals surface area (Å²) in [6, 6.07) is 0. The van der Waals surface area contributed by atoms with Gasteiger partial charge < -0.3 is 9.74 Å². The molecule has 2 aliphatic rings. The molecule has 1 atom stereocenters. The van der Waals surface area contributed by atoms with Gasteiger partial charge in [0.15, 0.2) is 0 Å². The predicted molar refractivity (Wildman–Crippen MR) is 85.3 cm³/mol. The Kier molecular flexibility index (Phi) is 6.30. The molecule has 23 heavy (non-hydrogen) atoms. The molecule has 1 aliphatic heterocycles. The molecule has 0 bridgehead atoms. The standard InChI is InChI=1S/C17H24F2N2O2/c1-3-4-5-8-21(2)17(22)11-13-10-16(20-23-13)14-7-6-12(18)9-15(14)19/h9,13H,3-8,10-11H2,1-2H3. The first-order valence-electron chi connectivity index (χ1n) is 8.23. The lowest BCUT2D eigenvalue weighted by molar-refractivity contribution is -0.132. The third kappa shape index (κ3) is 4.88. The summed E-state index contributed by atoms with van der Waals surface area (Å²) in [6.45, 7) is 2.85. The summed E-state index contributed by atoms with van der Waals surface area (Å²) in [4.78, 5) is 19.1. The average Bonchev–Trinajstić information content (AvgIpc) is 2.95. The van der Waals surface area contributed by atoms with Gasteiger partial charge >= 0.3 is 0 Å². The minimum Gasteiger partial charge on any atom is -0.391 e. The van der Waals surface area contributed by atoms with E-state index in [-0.39, 0.29) is 31.3 Å².